The first-order valence-corrected chi connectivity index (χ1v) is 9.47. The van der Waals surface area contributed by atoms with E-state index in [1.54, 1.807) is 11.3 Å². The fourth-order valence-electron chi connectivity index (χ4n) is 3.05. The van der Waals surface area contributed by atoms with E-state index in [9.17, 15) is 4.79 Å². The Morgan fingerprint density at radius 1 is 1.12 bits per heavy atom. The van der Waals surface area contributed by atoms with Gasteiger partial charge in [-0.1, -0.05) is 31.2 Å². The Labute approximate surface area is 155 Å². The molecule has 0 saturated carbocycles. The van der Waals surface area contributed by atoms with E-state index in [0.29, 0.717) is 6.54 Å². The number of carbonyl (C=O) groups is 1. The molecule has 0 saturated heterocycles. The largest absolute Gasteiger partial charge is 0.354 e. The molecule has 0 bridgehead atoms. The summed E-state index contributed by atoms with van der Waals surface area (Å²) in [5.41, 5.74) is 2.92. The molecule has 132 valence electrons. The van der Waals surface area contributed by atoms with Gasteiger partial charge in [0.2, 0.25) is 5.91 Å². The van der Waals surface area contributed by atoms with Crippen molar-refractivity contribution in [3.05, 3.63) is 59.4 Å². The summed E-state index contributed by atoms with van der Waals surface area (Å²) in [6.07, 6.45) is 0. The van der Waals surface area contributed by atoms with E-state index in [4.69, 9.17) is 0 Å². The van der Waals surface area contributed by atoms with Crippen LogP contribution in [-0.4, -0.2) is 27.0 Å². The minimum atomic E-state index is -0.00999. The molecule has 1 atom stereocenters. The zero-order valence-electron chi connectivity index (χ0n) is 14.8. The number of fused-ring (bicyclic) bond motifs is 2. The lowest BCUT2D eigenvalue weighted by Crippen LogP contribution is -2.31. The van der Waals surface area contributed by atoms with Gasteiger partial charge in [-0.2, -0.15) is 0 Å². The molecule has 2 aromatic heterocycles. The number of para-hydroxylation sites is 3. The van der Waals surface area contributed by atoms with E-state index in [1.165, 1.54) is 4.70 Å². The Kier molecular flexibility index (Phi) is 4.42. The van der Waals surface area contributed by atoms with E-state index >= 15 is 0 Å². The Hall–Kier alpha value is -2.73. The summed E-state index contributed by atoms with van der Waals surface area (Å²) in [6, 6.07) is 16.0. The van der Waals surface area contributed by atoms with Crippen molar-refractivity contribution in [2.45, 2.75) is 26.3 Å². The summed E-state index contributed by atoms with van der Waals surface area (Å²) in [5, 5.41) is 4.09. The van der Waals surface area contributed by atoms with E-state index < -0.39 is 0 Å². The summed E-state index contributed by atoms with van der Waals surface area (Å²) in [4.78, 5) is 21.6. The van der Waals surface area contributed by atoms with Gasteiger partial charge in [0.15, 0.2) is 0 Å². The predicted molar refractivity (Wildman–Crippen MR) is 106 cm³/mol. The molecule has 0 spiro atoms. The SMILES string of the molecule is Cc1nc2ccccc2n1CC(=O)NCC(C)c1nc2ccccc2s1. The molecule has 0 radical (unpaired) electrons. The molecule has 0 aliphatic heterocycles. The number of aromatic nitrogens is 3. The average Bonchev–Trinajstić information content (AvgIpc) is 3.21. The molecule has 5 nitrogen and oxygen atoms in total. The van der Waals surface area contributed by atoms with E-state index in [0.717, 1.165) is 27.4 Å². The second-order valence-electron chi connectivity index (χ2n) is 6.46. The average molecular weight is 364 g/mol. The Bertz CT molecular complexity index is 1050. The molecular formula is C20H20N4OS. The van der Waals surface area contributed by atoms with Crippen LogP contribution in [0.5, 0.6) is 0 Å². The fourth-order valence-corrected chi connectivity index (χ4v) is 4.07. The zero-order valence-corrected chi connectivity index (χ0v) is 15.6. The van der Waals surface area contributed by atoms with Crippen molar-refractivity contribution in [3.8, 4) is 0 Å². The normalized spacial score (nSPS) is 12.5. The van der Waals surface area contributed by atoms with Crippen LogP contribution in [0.25, 0.3) is 21.3 Å². The van der Waals surface area contributed by atoms with Crippen LogP contribution in [0.2, 0.25) is 0 Å². The zero-order chi connectivity index (χ0) is 18.1. The number of nitrogens with one attached hydrogen (secondary N) is 1. The number of benzene rings is 2. The first-order valence-electron chi connectivity index (χ1n) is 8.66. The van der Waals surface area contributed by atoms with Gasteiger partial charge in [-0.15, -0.1) is 11.3 Å². The molecular weight excluding hydrogens is 344 g/mol. The number of aryl methyl sites for hydroxylation is 1. The molecule has 4 rings (SSSR count). The van der Waals surface area contributed by atoms with Crippen LogP contribution in [0, 0.1) is 6.92 Å². The predicted octanol–water partition coefficient (Wildman–Crippen LogP) is 3.87. The lowest BCUT2D eigenvalue weighted by molar-refractivity contribution is -0.121. The summed E-state index contributed by atoms with van der Waals surface area (Å²) in [5.74, 6) is 1.02. The minimum absolute atomic E-state index is 0.00999. The van der Waals surface area contributed by atoms with Crippen molar-refractivity contribution in [1.29, 1.82) is 0 Å². The maximum Gasteiger partial charge on any atom is 0.240 e. The van der Waals surface area contributed by atoms with Gasteiger partial charge < -0.3 is 9.88 Å². The van der Waals surface area contributed by atoms with Crippen LogP contribution < -0.4 is 5.32 Å². The number of nitrogens with zero attached hydrogens (tertiary/aromatic N) is 3. The van der Waals surface area contributed by atoms with Crippen LogP contribution in [0.4, 0.5) is 0 Å². The number of amides is 1. The standard InChI is InChI=1S/C20H20N4OS/c1-13(20-23-16-8-4-6-10-18(16)26-20)11-21-19(25)12-24-14(2)22-15-7-3-5-9-17(15)24/h3-10,13H,11-12H2,1-2H3,(H,21,25). The van der Waals surface area contributed by atoms with Crippen molar-refractivity contribution in [2.24, 2.45) is 0 Å². The quantitative estimate of drug-likeness (QED) is 0.585. The van der Waals surface area contributed by atoms with E-state index in [1.807, 2.05) is 54.0 Å². The minimum Gasteiger partial charge on any atom is -0.354 e. The van der Waals surface area contributed by atoms with Crippen molar-refractivity contribution in [3.63, 3.8) is 0 Å². The number of thiazole rings is 1. The lowest BCUT2D eigenvalue weighted by atomic mass is 10.2. The molecule has 0 aliphatic rings. The van der Waals surface area contributed by atoms with Gasteiger partial charge in [0, 0.05) is 12.5 Å². The van der Waals surface area contributed by atoms with Gasteiger partial charge in [0.25, 0.3) is 0 Å². The van der Waals surface area contributed by atoms with Crippen LogP contribution in [0.1, 0.15) is 23.7 Å². The summed E-state index contributed by atoms with van der Waals surface area (Å²) >= 11 is 1.69. The van der Waals surface area contributed by atoms with Crippen molar-refractivity contribution >= 4 is 38.5 Å². The van der Waals surface area contributed by atoms with Gasteiger partial charge >= 0.3 is 0 Å². The molecule has 2 aromatic carbocycles. The third kappa shape index (κ3) is 3.20. The van der Waals surface area contributed by atoms with E-state index in [2.05, 4.69) is 28.3 Å². The summed E-state index contributed by atoms with van der Waals surface area (Å²) in [6.45, 7) is 4.87. The first kappa shape index (κ1) is 16.7. The number of rotatable bonds is 5. The van der Waals surface area contributed by atoms with E-state index in [-0.39, 0.29) is 18.4 Å². The smallest absolute Gasteiger partial charge is 0.240 e. The monoisotopic (exact) mass is 364 g/mol. The van der Waals surface area contributed by atoms with Crippen LogP contribution in [0.15, 0.2) is 48.5 Å². The lowest BCUT2D eigenvalue weighted by Gasteiger charge is -2.11. The third-order valence-electron chi connectivity index (χ3n) is 4.48. The second-order valence-corrected chi connectivity index (χ2v) is 7.52. The molecule has 26 heavy (non-hydrogen) atoms. The van der Waals surface area contributed by atoms with Gasteiger partial charge in [-0.25, -0.2) is 9.97 Å². The highest BCUT2D eigenvalue weighted by Crippen LogP contribution is 2.26. The molecule has 0 aliphatic carbocycles. The van der Waals surface area contributed by atoms with Crippen molar-refractivity contribution in [1.82, 2.24) is 19.9 Å². The Morgan fingerprint density at radius 2 is 1.85 bits per heavy atom. The summed E-state index contributed by atoms with van der Waals surface area (Å²) < 4.78 is 3.13. The molecule has 0 fully saturated rings. The maximum absolute atomic E-state index is 12.4. The van der Waals surface area contributed by atoms with Gasteiger partial charge in [0.05, 0.1) is 26.3 Å². The number of imidazole rings is 1. The molecule has 6 heteroatoms. The molecule has 1 amide bonds. The van der Waals surface area contributed by atoms with Gasteiger partial charge in [-0.3, -0.25) is 4.79 Å². The summed E-state index contributed by atoms with van der Waals surface area (Å²) in [7, 11) is 0. The highest BCUT2D eigenvalue weighted by molar-refractivity contribution is 7.18. The maximum atomic E-state index is 12.4. The van der Waals surface area contributed by atoms with Crippen LogP contribution >= 0.6 is 11.3 Å². The van der Waals surface area contributed by atoms with Crippen LogP contribution in [-0.2, 0) is 11.3 Å². The first-order chi connectivity index (χ1) is 12.6. The highest BCUT2D eigenvalue weighted by Gasteiger charge is 2.14. The Morgan fingerprint density at radius 3 is 2.65 bits per heavy atom. The van der Waals surface area contributed by atoms with Crippen molar-refractivity contribution in [2.75, 3.05) is 6.54 Å². The van der Waals surface area contributed by atoms with Gasteiger partial charge in [0.1, 0.15) is 12.4 Å². The molecule has 2 heterocycles. The van der Waals surface area contributed by atoms with Crippen molar-refractivity contribution < 1.29 is 4.79 Å². The number of hydrogen-bond donors (Lipinski definition) is 1. The van der Waals surface area contributed by atoms with Gasteiger partial charge in [-0.05, 0) is 31.2 Å². The fraction of sp³-hybridized carbons (Fsp3) is 0.250. The molecule has 1 unspecified atom stereocenters. The topological polar surface area (TPSA) is 59.8 Å². The number of hydrogen-bond acceptors (Lipinski definition) is 4. The number of carbonyl (C=O) groups excluding carboxylic acids is 1. The molecule has 4 aromatic rings. The van der Waals surface area contributed by atoms with Crippen LogP contribution in [0.3, 0.4) is 0 Å². The second kappa shape index (κ2) is 6.88. The third-order valence-corrected chi connectivity index (χ3v) is 5.75. The highest BCUT2D eigenvalue weighted by atomic mass is 32.1. The Balaban J connectivity index is 1.42. The molecule has 1 N–H and O–H groups in total.